The van der Waals surface area contributed by atoms with Crippen molar-refractivity contribution < 1.29 is 9.53 Å². The summed E-state index contributed by atoms with van der Waals surface area (Å²) in [7, 11) is 0. The van der Waals surface area contributed by atoms with Crippen molar-refractivity contribution in [3.63, 3.8) is 0 Å². The highest BCUT2D eigenvalue weighted by Gasteiger charge is 2.16. The zero-order valence-electron chi connectivity index (χ0n) is 14.0. The lowest BCUT2D eigenvalue weighted by molar-refractivity contribution is 0.0534. The molecule has 120 valence electrons. The van der Waals surface area contributed by atoms with Crippen molar-refractivity contribution in [2.45, 2.75) is 53.1 Å². The fraction of sp³-hybridized carbons (Fsp3) is 0.750. The molecule has 0 aromatic carbocycles. The van der Waals surface area contributed by atoms with E-state index in [0.717, 1.165) is 19.5 Å². The van der Waals surface area contributed by atoms with Crippen LogP contribution < -0.4 is 10.6 Å². The Labute approximate surface area is 128 Å². The lowest BCUT2D eigenvalue weighted by Crippen LogP contribution is -2.32. The normalized spacial score (nSPS) is 12.2. The van der Waals surface area contributed by atoms with Gasteiger partial charge in [0.1, 0.15) is 5.60 Å². The second-order valence-electron chi connectivity index (χ2n) is 6.81. The number of carbonyl (C=O) groups is 1. The summed E-state index contributed by atoms with van der Waals surface area (Å²) in [5, 5.41) is 14.6. The molecule has 1 amide bonds. The SMILES string of the molecule is CC(C)(CCC#N)CNC/C=C/CNC(=O)OC(C)(C)C. The molecule has 0 aromatic rings. The fourth-order valence-electron chi connectivity index (χ4n) is 1.60. The van der Waals surface area contributed by atoms with E-state index in [4.69, 9.17) is 10.00 Å². The van der Waals surface area contributed by atoms with Gasteiger partial charge in [0.2, 0.25) is 0 Å². The van der Waals surface area contributed by atoms with Crippen LogP contribution in [0.2, 0.25) is 0 Å². The van der Waals surface area contributed by atoms with E-state index in [1.54, 1.807) is 0 Å². The van der Waals surface area contributed by atoms with Gasteiger partial charge < -0.3 is 15.4 Å². The molecule has 0 spiro atoms. The Hall–Kier alpha value is -1.54. The monoisotopic (exact) mass is 295 g/mol. The molecule has 0 rings (SSSR count). The van der Waals surface area contributed by atoms with Gasteiger partial charge >= 0.3 is 6.09 Å². The fourth-order valence-corrected chi connectivity index (χ4v) is 1.60. The van der Waals surface area contributed by atoms with Crippen LogP contribution in [0.4, 0.5) is 4.79 Å². The average Bonchev–Trinajstić information content (AvgIpc) is 2.33. The summed E-state index contributed by atoms with van der Waals surface area (Å²) in [6.45, 7) is 11.8. The molecule has 5 heteroatoms. The molecule has 0 heterocycles. The predicted molar refractivity (Wildman–Crippen MR) is 84.9 cm³/mol. The number of hydrogen-bond acceptors (Lipinski definition) is 4. The number of alkyl carbamates (subject to hydrolysis) is 1. The van der Waals surface area contributed by atoms with Gasteiger partial charge in [0.25, 0.3) is 0 Å². The van der Waals surface area contributed by atoms with Crippen molar-refractivity contribution in [1.82, 2.24) is 10.6 Å². The average molecular weight is 295 g/mol. The van der Waals surface area contributed by atoms with E-state index < -0.39 is 11.7 Å². The summed E-state index contributed by atoms with van der Waals surface area (Å²) in [6, 6.07) is 2.17. The van der Waals surface area contributed by atoms with Gasteiger partial charge in [-0.05, 0) is 32.6 Å². The molecule has 0 unspecified atom stereocenters. The molecule has 2 N–H and O–H groups in total. The van der Waals surface area contributed by atoms with Crippen LogP contribution in [-0.4, -0.2) is 31.3 Å². The summed E-state index contributed by atoms with van der Waals surface area (Å²) in [5.74, 6) is 0. The molecule has 0 fully saturated rings. The Morgan fingerprint density at radius 2 is 1.81 bits per heavy atom. The molecule has 5 nitrogen and oxygen atoms in total. The first-order chi connectivity index (χ1) is 9.66. The maximum absolute atomic E-state index is 11.4. The van der Waals surface area contributed by atoms with E-state index in [2.05, 4.69) is 30.6 Å². The van der Waals surface area contributed by atoms with Gasteiger partial charge in [-0.3, -0.25) is 0 Å². The smallest absolute Gasteiger partial charge is 0.407 e. The van der Waals surface area contributed by atoms with Crippen molar-refractivity contribution in [2.75, 3.05) is 19.6 Å². The highest BCUT2D eigenvalue weighted by molar-refractivity contribution is 5.67. The van der Waals surface area contributed by atoms with E-state index in [-0.39, 0.29) is 5.41 Å². The lowest BCUT2D eigenvalue weighted by Gasteiger charge is -2.23. The highest BCUT2D eigenvalue weighted by atomic mass is 16.6. The summed E-state index contributed by atoms with van der Waals surface area (Å²) < 4.78 is 5.12. The number of hydrogen-bond donors (Lipinski definition) is 2. The molecule has 21 heavy (non-hydrogen) atoms. The van der Waals surface area contributed by atoms with Crippen molar-refractivity contribution >= 4 is 6.09 Å². The molecular formula is C16H29N3O2. The molecule has 0 aliphatic carbocycles. The minimum atomic E-state index is -0.468. The van der Waals surface area contributed by atoms with Gasteiger partial charge in [0, 0.05) is 26.1 Å². The minimum Gasteiger partial charge on any atom is -0.444 e. The molecular weight excluding hydrogens is 266 g/mol. The number of carbonyl (C=O) groups excluding carboxylic acids is 1. The summed E-state index contributed by atoms with van der Waals surface area (Å²) in [6.07, 6.45) is 4.93. The van der Waals surface area contributed by atoms with Crippen molar-refractivity contribution in [1.29, 1.82) is 5.26 Å². The maximum atomic E-state index is 11.4. The van der Waals surface area contributed by atoms with Gasteiger partial charge in [0.05, 0.1) is 6.07 Å². The van der Waals surface area contributed by atoms with Crippen LogP contribution in [0.3, 0.4) is 0 Å². The van der Waals surface area contributed by atoms with Crippen LogP contribution in [0.25, 0.3) is 0 Å². The Bertz CT molecular complexity index is 376. The zero-order chi connectivity index (χ0) is 16.4. The number of nitriles is 1. The third-order valence-electron chi connectivity index (χ3n) is 2.71. The second kappa shape index (κ2) is 9.41. The first-order valence-electron chi connectivity index (χ1n) is 7.36. The lowest BCUT2D eigenvalue weighted by atomic mass is 9.88. The molecule has 0 bridgehead atoms. The van der Waals surface area contributed by atoms with Crippen molar-refractivity contribution in [2.24, 2.45) is 5.41 Å². The molecule has 0 aliphatic heterocycles. The van der Waals surface area contributed by atoms with Crippen LogP contribution >= 0.6 is 0 Å². The van der Waals surface area contributed by atoms with Gasteiger partial charge in [-0.15, -0.1) is 0 Å². The van der Waals surface area contributed by atoms with Crippen LogP contribution in [0.1, 0.15) is 47.5 Å². The largest absolute Gasteiger partial charge is 0.444 e. The highest BCUT2D eigenvalue weighted by Crippen LogP contribution is 2.20. The first kappa shape index (κ1) is 19.5. The quantitative estimate of drug-likeness (QED) is 0.533. The molecule has 0 atom stereocenters. The van der Waals surface area contributed by atoms with E-state index in [9.17, 15) is 4.79 Å². The Morgan fingerprint density at radius 1 is 1.19 bits per heavy atom. The second-order valence-corrected chi connectivity index (χ2v) is 6.81. The van der Waals surface area contributed by atoms with Gasteiger partial charge in [-0.1, -0.05) is 26.0 Å². The van der Waals surface area contributed by atoms with Crippen LogP contribution in [0.5, 0.6) is 0 Å². The first-order valence-corrected chi connectivity index (χ1v) is 7.36. The topological polar surface area (TPSA) is 74.2 Å². The van der Waals surface area contributed by atoms with Crippen LogP contribution in [-0.2, 0) is 4.74 Å². The van der Waals surface area contributed by atoms with E-state index in [0.29, 0.717) is 13.0 Å². The zero-order valence-corrected chi connectivity index (χ0v) is 14.0. The van der Waals surface area contributed by atoms with Crippen LogP contribution in [0, 0.1) is 16.7 Å². The minimum absolute atomic E-state index is 0.123. The van der Waals surface area contributed by atoms with Crippen molar-refractivity contribution in [3.8, 4) is 6.07 Å². The third kappa shape index (κ3) is 13.2. The maximum Gasteiger partial charge on any atom is 0.407 e. The Kier molecular flexibility index (Phi) is 8.72. The van der Waals surface area contributed by atoms with E-state index >= 15 is 0 Å². The molecule has 0 saturated carbocycles. The van der Waals surface area contributed by atoms with E-state index in [1.807, 2.05) is 32.9 Å². The number of nitrogens with one attached hydrogen (secondary N) is 2. The number of amides is 1. The molecule has 0 saturated heterocycles. The van der Waals surface area contributed by atoms with Gasteiger partial charge in [0.15, 0.2) is 0 Å². The number of nitrogens with zero attached hydrogens (tertiary/aromatic N) is 1. The van der Waals surface area contributed by atoms with E-state index in [1.165, 1.54) is 0 Å². The predicted octanol–water partition coefficient (Wildman–Crippen LogP) is 2.99. The number of ether oxygens (including phenoxy) is 1. The summed E-state index contributed by atoms with van der Waals surface area (Å²) in [5.41, 5.74) is -0.345. The summed E-state index contributed by atoms with van der Waals surface area (Å²) >= 11 is 0. The Balaban J connectivity index is 3.70. The van der Waals surface area contributed by atoms with Crippen molar-refractivity contribution in [3.05, 3.63) is 12.2 Å². The van der Waals surface area contributed by atoms with Gasteiger partial charge in [-0.25, -0.2) is 4.79 Å². The third-order valence-corrected chi connectivity index (χ3v) is 2.71. The summed E-state index contributed by atoms with van der Waals surface area (Å²) in [4.78, 5) is 11.4. The molecule has 0 radical (unpaired) electrons. The van der Waals surface area contributed by atoms with Crippen LogP contribution in [0.15, 0.2) is 12.2 Å². The molecule has 0 aromatic heterocycles. The Morgan fingerprint density at radius 3 is 2.38 bits per heavy atom. The standard InChI is InChI=1S/C16H29N3O2/c1-15(2,3)21-14(20)19-12-7-6-11-18-13-16(4,5)9-8-10-17/h6-7,18H,8-9,11-13H2,1-5H3,(H,19,20)/b7-6+. The van der Waals surface area contributed by atoms with Gasteiger partial charge in [-0.2, -0.15) is 5.26 Å². The molecule has 0 aliphatic rings. The number of rotatable bonds is 8.